The molecule has 3 nitrogen and oxygen atoms in total. The smallest absolute Gasteiger partial charge is 0.214 e. The molecule has 5 heteroatoms. The zero-order valence-corrected chi connectivity index (χ0v) is 6.68. The number of pyridine rings is 1. The quantitative estimate of drug-likeness (QED) is 0.662. The first-order chi connectivity index (χ1) is 5.74. The molecule has 0 radical (unpaired) electrons. The Morgan fingerprint density at radius 2 is 2.50 bits per heavy atom. The van der Waals surface area contributed by atoms with E-state index in [1.165, 1.54) is 0 Å². The highest BCUT2D eigenvalue weighted by atomic mass is 35.5. The molecule has 1 heterocycles. The second kappa shape index (κ2) is 3.88. The predicted molar refractivity (Wildman–Crippen MR) is 40.3 cm³/mol. The summed E-state index contributed by atoms with van der Waals surface area (Å²) in [4.78, 5) is 3.31. The van der Waals surface area contributed by atoms with Crippen molar-refractivity contribution in [2.75, 3.05) is 6.61 Å². The first kappa shape index (κ1) is 8.75. The molecule has 1 aromatic rings. The first-order valence-electron chi connectivity index (χ1n) is 3.05. The molecule has 0 aliphatic rings. The van der Waals surface area contributed by atoms with Crippen LogP contribution in [0.1, 0.15) is 0 Å². The van der Waals surface area contributed by atoms with Crippen molar-refractivity contribution in [3.63, 3.8) is 0 Å². The van der Waals surface area contributed by atoms with E-state index in [0.717, 1.165) is 12.3 Å². The van der Waals surface area contributed by atoms with E-state index in [4.69, 9.17) is 21.6 Å². The SMILES string of the molecule is N#CCOc1cnc(F)cc1Cl. The van der Waals surface area contributed by atoms with Gasteiger partial charge in [-0.05, 0) is 0 Å². The lowest BCUT2D eigenvalue weighted by Gasteiger charge is -2.01. The zero-order valence-electron chi connectivity index (χ0n) is 5.92. The van der Waals surface area contributed by atoms with Crippen molar-refractivity contribution in [1.82, 2.24) is 4.98 Å². The lowest BCUT2D eigenvalue weighted by Crippen LogP contribution is -1.95. The molecule has 0 aromatic carbocycles. The molecule has 0 spiro atoms. The molecule has 0 saturated carbocycles. The minimum atomic E-state index is -0.677. The van der Waals surface area contributed by atoms with E-state index in [1.54, 1.807) is 6.07 Å². The predicted octanol–water partition coefficient (Wildman–Crippen LogP) is 1.78. The Morgan fingerprint density at radius 3 is 3.08 bits per heavy atom. The fourth-order valence-electron chi connectivity index (χ4n) is 0.611. The van der Waals surface area contributed by atoms with Crippen LogP contribution in [-0.4, -0.2) is 11.6 Å². The van der Waals surface area contributed by atoms with E-state index < -0.39 is 5.95 Å². The largest absolute Gasteiger partial charge is 0.476 e. The van der Waals surface area contributed by atoms with E-state index >= 15 is 0 Å². The van der Waals surface area contributed by atoms with E-state index in [2.05, 4.69) is 4.98 Å². The topological polar surface area (TPSA) is 45.9 Å². The number of ether oxygens (including phenoxy) is 1. The Bertz CT molecular complexity index is 324. The van der Waals surface area contributed by atoms with Gasteiger partial charge in [0.15, 0.2) is 12.4 Å². The Hall–Kier alpha value is -1.34. The van der Waals surface area contributed by atoms with Gasteiger partial charge in [0.25, 0.3) is 0 Å². The summed E-state index contributed by atoms with van der Waals surface area (Å²) in [5, 5.41) is 8.27. The third kappa shape index (κ3) is 2.07. The minimum Gasteiger partial charge on any atom is -0.476 e. The Kier molecular flexibility index (Phi) is 2.83. The molecule has 0 aliphatic carbocycles. The maximum Gasteiger partial charge on any atom is 0.214 e. The fraction of sp³-hybridized carbons (Fsp3) is 0.143. The monoisotopic (exact) mass is 186 g/mol. The number of aromatic nitrogens is 1. The van der Waals surface area contributed by atoms with Crippen LogP contribution in [0.2, 0.25) is 5.02 Å². The Labute approximate surface area is 73.4 Å². The van der Waals surface area contributed by atoms with Gasteiger partial charge in [0.05, 0.1) is 11.2 Å². The van der Waals surface area contributed by atoms with E-state index in [-0.39, 0.29) is 17.4 Å². The molecular formula is C7H4ClFN2O. The lowest BCUT2D eigenvalue weighted by molar-refractivity contribution is 0.365. The van der Waals surface area contributed by atoms with Gasteiger partial charge in [-0.15, -0.1) is 0 Å². The second-order valence-electron chi connectivity index (χ2n) is 1.88. The maximum absolute atomic E-state index is 12.4. The van der Waals surface area contributed by atoms with E-state index in [1.807, 2.05) is 0 Å². The number of hydrogen-bond acceptors (Lipinski definition) is 3. The number of rotatable bonds is 2. The normalized spacial score (nSPS) is 9.08. The van der Waals surface area contributed by atoms with Crippen LogP contribution in [0.3, 0.4) is 0 Å². The molecule has 62 valence electrons. The molecule has 0 saturated heterocycles. The van der Waals surface area contributed by atoms with Gasteiger partial charge in [0.2, 0.25) is 5.95 Å². The van der Waals surface area contributed by atoms with E-state index in [0.29, 0.717) is 0 Å². The molecule has 1 rings (SSSR count). The summed E-state index contributed by atoms with van der Waals surface area (Å²) in [5.41, 5.74) is 0. The van der Waals surface area contributed by atoms with Crippen LogP contribution < -0.4 is 4.74 Å². The molecular weight excluding hydrogens is 183 g/mol. The maximum atomic E-state index is 12.4. The number of nitrogens with zero attached hydrogens (tertiary/aromatic N) is 2. The third-order valence-electron chi connectivity index (χ3n) is 1.08. The van der Waals surface area contributed by atoms with Gasteiger partial charge in [0.1, 0.15) is 6.07 Å². The van der Waals surface area contributed by atoms with Gasteiger partial charge in [-0.1, -0.05) is 11.6 Å². The summed E-state index contributed by atoms with van der Waals surface area (Å²) in [6.07, 6.45) is 1.13. The van der Waals surface area contributed by atoms with Crippen molar-refractivity contribution in [3.8, 4) is 11.8 Å². The first-order valence-corrected chi connectivity index (χ1v) is 3.42. The molecule has 0 N–H and O–H groups in total. The lowest BCUT2D eigenvalue weighted by atomic mass is 10.4. The van der Waals surface area contributed by atoms with Crippen LogP contribution in [0.25, 0.3) is 0 Å². The zero-order chi connectivity index (χ0) is 8.97. The highest BCUT2D eigenvalue weighted by Crippen LogP contribution is 2.22. The third-order valence-corrected chi connectivity index (χ3v) is 1.37. The number of hydrogen-bond donors (Lipinski definition) is 0. The molecule has 0 unspecified atom stereocenters. The number of nitriles is 1. The highest BCUT2D eigenvalue weighted by molar-refractivity contribution is 6.31. The molecule has 0 atom stereocenters. The summed E-state index contributed by atoms with van der Waals surface area (Å²) in [7, 11) is 0. The standard InChI is InChI=1S/C7H4ClFN2O/c8-5-3-7(9)11-4-6(5)12-2-1-10/h3-4H,2H2. The van der Waals surface area contributed by atoms with Crippen molar-refractivity contribution in [2.45, 2.75) is 0 Å². The van der Waals surface area contributed by atoms with Crippen LogP contribution in [0.5, 0.6) is 5.75 Å². The molecule has 0 aliphatic heterocycles. The van der Waals surface area contributed by atoms with Gasteiger partial charge in [0, 0.05) is 6.07 Å². The Morgan fingerprint density at radius 1 is 1.75 bits per heavy atom. The summed E-state index contributed by atoms with van der Waals surface area (Å²) in [6, 6.07) is 2.78. The molecule has 1 aromatic heterocycles. The molecule has 0 bridgehead atoms. The van der Waals surface area contributed by atoms with Crippen molar-refractivity contribution in [1.29, 1.82) is 5.26 Å². The van der Waals surface area contributed by atoms with Crippen LogP contribution >= 0.6 is 11.6 Å². The summed E-state index contributed by atoms with van der Waals surface area (Å²) < 4.78 is 17.2. The average molecular weight is 187 g/mol. The van der Waals surface area contributed by atoms with Gasteiger partial charge < -0.3 is 4.74 Å². The van der Waals surface area contributed by atoms with E-state index in [9.17, 15) is 4.39 Å². The molecule has 0 fully saturated rings. The van der Waals surface area contributed by atoms with Crippen LogP contribution in [0.4, 0.5) is 4.39 Å². The second-order valence-corrected chi connectivity index (χ2v) is 2.29. The van der Waals surface area contributed by atoms with Crippen LogP contribution in [-0.2, 0) is 0 Å². The average Bonchev–Trinajstić information content (AvgIpc) is 2.03. The van der Waals surface area contributed by atoms with Gasteiger partial charge in [-0.25, -0.2) is 4.98 Å². The van der Waals surface area contributed by atoms with Crippen molar-refractivity contribution < 1.29 is 9.13 Å². The van der Waals surface area contributed by atoms with Gasteiger partial charge in [-0.3, -0.25) is 0 Å². The van der Waals surface area contributed by atoms with Crippen molar-refractivity contribution >= 4 is 11.6 Å². The van der Waals surface area contributed by atoms with Crippen LogP contribution in [0, 0.1) is 17.3 Å². The highest BCUT2D eigenvalue weighted by Gasteiger charge is 2.02. The van der Waals surface area contributed by atoms with Crippen molar-refractivity contribution in [2.24, 2.45) is 0 Å². The Balaban J connectivity index is 2.81. The van der Waals surface area contributed by atoms with Crippen LogP contribution in [0.15, 0.2) is 12.3 Å². The summed E-state index contributed by atoms with van der Waals surface area (Å²) in [5.74, 6) is -0.469. The minimum absolute atomic E-state index is 0.109. The summed E-state index contributed by atoms with van der Waals surface area (Å²) in [6.45, 7) is -0.132. The number of halogens is 2. The summed E-state index contributed by atoms with van der Waals surface area (Å²) >= 11 is 5.55. The van der Waals surface area contributed by atoms with Crippen molar-refractivity contribution in [3.05, 3.63) is 23.2 Å². The molecule has 12 heavy (non-hydrogen) atoms. The fourth-order valence-corrected chi connectivity index (χ4v) is 0.805. The molecule has 0 amide bonds. The van der Waals surface area contributed by atoms with Gasteiger partial charge in [-0.2, -0.15) is 9.65 Å². The van der Waals surface area contributed by atoms with Gasteiger partial charge >= 0.3 is 0 Å².